The van der Waals surface area contributed by atoms with Crippen molar-refractivity contribution in [3.8, 4) is 22.8 Å². The van der Waals surface area contributed by atoms with E-state index in [1.165, 1.54) is 6.08 Å². The third kappa shape index (κ3) is 3.68. The van der Waals surface area contributed by atoms with Crippen LogP contribution in [0.1, 0.15) is 18.2 Å². The molecule has 154 valence electrons. The zero-order valence-electron chi connectivity index (χ0n) is 17.0. The number of nitrogens with zero attached hydrogens (tertiary/aromatic N) is 4. The Morgan fingerprint density at radius 1 is 1.10 bits per heavy atom. The molecule has 5 rings (SSSR count). The van der Waals surface area contributed by atoms with E-state index in [0.29, 0.717) is 6.54 Å². The number of benzene rings is 2. The predicted molar refractivity (Wildman–Crippen MR) is 119 cm³/mol. The molecule has 0 bridgehead atoms. The zero-order valence-corrected chi connectivity index (χ0v) is 17.0. The van der Waals surface area contributed by atoms with Crippen molar-refractivity contribution in [3.63, 3.8) is 0 Å². The number of imidazole rings is 1. The summed E-state index contributed by atoms with van der Waals surface area (Å²) < 4.78 is 7.99. The number of carbonyl (C=O) groups is 1. The van der Waals surface area contributed by atoms with Crippen LogP contribution in [-0.4, -0.2) is 38.3 Å². The monoisotopic (exact) mass is 410 g/mol. The molecule has 3 heterocycles. The minimum absolute atomic E-state index is 0.0285. The van der Waals surface area contributed by atoms with Gasteiger partial charge < -0.3 is 9.64 Å². The first kappa shape index (κ1) is 19.1. The van der Waals surface area contributed by atoms with Gasteiger partial charge in [0.2, 0.25) is 5.91 Å². The van der Waals surface area contributed by atoms with E-state index >= 15 is 0 Å². The van der Waals surface area contributed by atoms with Gasteiger partial charge in [-0.3, -0.25) is 14.2 Å². The van der Waals surface area contributed by atoms with Crippen LogP contribution in [0.3, 0.4) is 0 Å². The summed E-state index contributed by atoms with van der Waals surface area (Å²) in [5, 5.41) is 0. The number of hydrogen-bond acceptors (Lipinski definition) is 4. The summed E-state index contributed by atoms with van der Waals surface area (Å²) >= 11 is 0. The van der Waals surface area contributed by atoms with E-state index < -0.39 is 0 Å². The number of amides is 1. The van der Waals surface area contributed by atoms with Crippen molar-refractivity contribution in [1.82, 2.24) is 19.3 Å². The minimum atomic E-state index is -0.0285. The first-order chi connectivity index (χ1) is 15.2. The van der Waals surface area contributed by atoms with Gasteiger partial charge in [-0.05, 0) is 48.9 Å². The number of ether oxygens (including phenoxy) is 1. The maximum atomic E-state index is 12.0. The second-order valence-electron chi connectivity index (χ2n) is 7.56. The molecule has 1 saturated heterocycles. The fraction of sp³-hybridized carbons (Fsp3) is 0.160. The molecule has 4 aromatic rings. The highest BCUT2D eigenvalue weighted by Crippen LogP contribution is 2.33. The van der Waals surface area contributed by atoms with E-state index in [-0.39, 0.29) is 11.8 Å². The van der Waals surface area contributed by atoms with Crippen LogP contribution in [0.4, 0.5) is 0 Å². The Bertz CT molecular complexity index is 1230. The molecule has 1 fully saturated rings. The summed E-state index contributed by atoms with van der Waals surface area (Å²) in [6.45, 7) is 4.97. The van der Waals surface area contributed by atoms with E-state index in [2.05, 4.69) is 16.0 Å². The van der Waals surface area contributed by atoms with Gasteiger partial charge in [0, 0.05) is 37.0 Å². The van der Waals surface area contributed by atoms with Gasteiger partial charge in [-0.1, -0.05) is 24.8 Å². The van der Waals surface area contributed by atoms with Crippen LogP contribution < -0.4 is 4.74 Å². The molecule has 0 unspecified atom stereocenters. The fourth-order valence-electron chi connectivity index (χ4n) is 4.07. The largest absolute Gasteiger partial charge is 0.457 e. The Morgan fingerprint density at radius 3 is 2.65 bits per heavy atom. The van der Waals surface area contributed by atoms with Crippen LogP contribution >= 0.6 is 0 Å². The molecule has 1 aliphatic rings. The van der Waals surface area contributed by atoms with Gasteiger partial charge in [-0.2, -0.15) is 0 Å². The summed E-state index contributed by atoms with van der Waals surface area (Å²) in [6.07, 6.45) is 7.79. The maximum Gasteiger partial charge on any atom is 0.245 e. The molecule has 0 N–H and O–H groups in total. The van der Waals surface area contributed by atoms with Gasteiger partial charge in [0.25, 0.3) is 0 Å². The first-order valence-electron chi connectivity index (χ1n) is 10.3. The van der Waals surface area contributed by atoms with E-state index in [4.69, 9.17) is 9.72 Å². The summed E-state index contributed by atoms with van der Waals surface area (Å²) in [6, 6.07) is 17.6. The van der Waals surface area contributed by atoms with Crippen molar-refractivity contribution < 1.29 is 9.53 Å². The van der Waals surface area contributed by atoms with Gasteiger partial charge in [0.05, 0.1) is 17.4 Å². The van der Waals surface area contributed by atoms with Crippen LogP contribution in [0.15, 0.2) is 85.8 Å². The molecule has 6 nitrogen and oxygen atoms in total. The fourth-order valence-corrected chi connectivity index (χ4v) is 4.07. The number of fused-ring (bicyclic) bond motifs is 1. The number of rotatable bonds is 5. The van der Waals surface area contributed by atoms with Crippen LogP contribution in [0.2, 0.25) is 0 Å². The smallest absolute Gasteiger partial charge is 0.245 e. The van der Waals surface area contributed by atoms with Gasteiger partial charge in [0.1, 0.15) is 17.3 Å². The number of aromatic nitrogens is 3. The van der Waals surface area contributed by atoms with Crippen LogP contribution in [0.25, 0.3) is 16.8 Å². The summed E-state index contributed by atoms with van der Waals surface area (Å²) in [5.74, 6) is 2.67. The maximum absolute atomic E-state index is 12.0. The standard InChI is InChI=1S/C25H22N4O2/c1-2-23(30)28-14-12-19(17-28)25-27-24(22-16-26-13-15-29(22)25)18-8-10-21(11-9-18)31-20-6-4-3-5-7-20/h2-11,13,15-16,19H,1,12,14,17H2/t19-/m1/s1. The molecule has 31 heavy (non-hydrogen) atoms. The van der Waals surface area contributed by atoms with Crippen LogP contribution in [0, 0.1) is 0 Å². The van der Waals surface area contributed by atoms with E-state index in [0.717, 1.165) is 47.1 Å². The van der Waals surface area contributed by atoms with Crippen molar-refractivity contribution in [1.29, 1.82) is 0 Å². The van der Waals surface area contributed by atoms with E-state index in [1.54, 1.807) is 6.20 Å². The molecule has 0 aliphatic carbocycles. The molecule has 1 aliphatic heterocycles. The SMILES string of the molecule is C=CC(=O)N1CC[C@@H](c2nc(-c3ccc(Oc4ccccc4)cc3)c3cnccn23)C1. The summed E-state index contributed by atoms with van der Waals surface area (Å²) in [5.41, 5.74) is 2.82. The topological polar surface area (TPSA) is 59.7 Å². The molecule has 0 spiro atoms. The Morgan fingerprint density at radius 2 is 1.87 bits per heavy atom. The highest BCUT2D eigenvalue weighted by molar-refractivity contribution is 5.87. The van der Waals surface area contributed by atoms with E-state index in [1.807, 2.05) is 71.9 Å². The van der Waals surface area contributed by atoms with Crippen molar-refractivity contribution >= 4 is 11.4 Å². The predicted octanol–water partition coefficient (Wildman–Crippen LogP) is 4.69. The second kappa shape index (κ2) is 8.07. The van der Waals surface area contributed by atoms with Crippen molar-refractivity contribution in [2.45, 2.75) is 12.3 Å². The molecule has 2 aromatic carbocycles. The number of hydrogen-bond donors (Lipinski definition) is 0. The van der Waals surface area contributed by atoms with Crippen molar-refractivity contribution in [2.24, 2.45) is 0 Å². The Kier molecular flexibility index (Phi) is 4.96. The molecule has 6 heteroatoms. The number of para-hydroxylation sites is 1. The normalized spacial score (nSPS) is 15.9. The molecule has 2 aromatic heterocycles. The summed E-state index contributed by atoms with van der Waals surface area (Å²) in [7, 11) is 0. The van der Waals surface area contributed by atoms with Gasteiger partial charge in [0.15, 0.2) is 0 Å². The molecule has 0 saturated carbocycles. The third-order valence-corrected chi connectivity index (χ3v) is 5.62. The quantitative estimate of drug-likeness (QED) is 0.448. The average Bonchev–Trinajstić information content (AvgIpc) is 3.45. The lowest BCUT2D eigenvalue weighted by Crippen LogP contribution is -2.26. The molecule has 1 atom stereocenters. The first-order valence-corrected chi connectivity index (χ1v) is 10.3. The van der Waals surface area contributed by atoms with Gasteiger partial charge in [-0.25, -0.2) is 4.98 Å². The van der Waals surface area contributed by atoms with E-state index in [9.17, 15) is 4.79 Å². The van der Waals surface area contributed by atoms with Crippen molar-refractivity contribution in [3.05, 3.63) is 91.7 Å². The zero-order chi connectivity index (χ0) is 21.2. The molecular weight excluding hydrogens is 388 g/mol. The molecular formula is C25H22N4O2. The second-order valence-corrected chi connectivity index (χ2v) is 7.56. The average molecular weight is 410 g/mol. The van der Waals surface area contributed by atoms with Gasteiger partial charge in [-0.15, -0.1) is 0 Å². The van der Waals surface area contributed by atoms with Crippen LogP contribution in [0.5, 0.6) is 11.5 Å². The Hall–Kier alpha value is -3.93. The van der Waals surface area contributed by atoms with Crippen molar-refractivity contribution in [2.75, 3.05) is 13.1 Å². The lowest BCUT2D eigenvalue weighted by molar-refractivity contribution is -0.125. The lowest BCUT2D eigenvalue weighted by atomic mass is 10.1. The Balaban J connectivity index is 1.45. The Labute approximate surface area is 180 Å². The number of likely N-dealkylation sites (tertiary alicyclic amines) is 1. The van der Waals surface area contributed by atoms with Crippen LogP contribution in [-0.2, 0) is 4.79 Å². The minimum Gasteiger partial charge on any atom is -0.457 e. The highest BCUT2D eigenvalue weighted by atomic mass is 16.5. The lowest BCUT2D eigenvalue weighted by Gasteiger charge is -2.13. The molecule has 0 radical (unpaired) electrons. The highest BCUT2D eigenvalue weighted by Gasteiger charge is 2.30. The third-order valence-electron chi connectivity index (χ3n) is 5.62. The molecule has 1 amide bonds. The number of carbonyl (C=O) groups excluding carboxylic acids is 1. The summed E-state index contributed by atoms with van der Waals surface area (Å²) in [4.78, 5) is 23.1. The van der Waals surface area contributed by atoms with Gasteiger partial charge >= 0.3 is 0 Å².